The SMILES string of the molecule is N#Cc1c(F)cccc1N1CCN(C(=O)c2cccc(NS(=O)(=O)c3ccccc3)c2)CC1. The van der Waals surface area contributed by atoms with Crippen molar-refractivity contribution in [3.8, 4) is 6.07 Å². The number of rotatable bonds is 5. The van der Waals surface area contributed by atoms with Gasteiger partial charge in [-0.25, -0.2) is 12.8 Å². The molecule has 1 amide bonds. The summed E-state index contributed by atoms with van der Waals surface area (Å²) in [5, 5.41) is 9.27. The van der Waals surface area contributed by atoms with Gasteiger partial charge in [-0.2, -0.15) is 5.26 Å². The predicted octanol–water partition coefficient (Wildman–Crippen LogP) is 3.46. The Hall–Kier alpha value is -3.90. The highest BCUT2D eigenvalue weighted by Gasteiger charge is 2.25. The zero-order chi connectivity index (χ0) is 23.4. The summed E-state index contributed by atoms with van der Waals surface area (Å²) in [4.78, 5) is 16.7. The minimum absolute atomic E-state index is 0.00400. The molecule has 4 rings (SSSR count). The van der Waals surface area contributed by atoms with E-state index in [1.165, 1.54) is 24.3 Å². The molecule has 7 nitrogen and oxygen atoms in total. The highest BCUT2D eigenvalue weighted by molar-refractivity contribution is 7.92. The highest BCUT2D eigenvalue weighted by Crippen LogP contribution is 2.24. The van der Waals surface area contributed by atoms with Crippen LogP contribution in [0.4, 0.5) is 15.8 Å². The van der Waals surface area contributed by atoms with E-state index in [1.807, 2.05) is 11.0 Å². The third kappa shape index (κ3) is 4.81. The fraction of sp³-hybridized carbons (Fsp3) is 0.167. The van der Waals surface area contributed by atoms with Crippen molar-refractivity contribution in [2.75, 3.05) is 35.8 Å². The predicted molar refractivity (Wildman–Crippen MR) is 123 cm³/mol. The molecule has 1 aliphatic heterocycles. The molecule has 168 valence electrons. The van der Waals surface area contributed by atoms with Gasteiger partial charge in [0.05, 0.1) is 10.6 Å². The summed E-state index contributed by atoms with van der Waals surface area (Å²) in [5.74, 6) is -0.793. The Kier molecular flexibility index (Phi) is 6.29. The topological polar surface area (TPSA) is 93.5 Å². The number of sulfonamides is 1. The Morgan fingerprint density at radius 1 is 0.939 bits per heavy atom. The number of carbonyl (C=O) groups is 1. The fourth-order valence-corrected chi connectivity index (χ4v) is 4.82. The van der Waals surface area contributed by atoms with Gasteiger partial charge in [0.2, 0.25) is 0 Å². The maximum atomic E-state index is 13.9. The number of benzene rings is 3. The zero-order valence-electron chi connectivity index (χ0n) is 17.6. The summed E-state index contributed by atoms with van der Waals surface area (Å²) >= 11 is 0. The van der Waals surface area contributed by atoms with E-state index in [1.54, 1.807) is 53.4 Å². The van der Waals surface area contributed by atoms with Crippen LogP contribution in [0.25, 0.3) is 0 Å². The lowest BCUT2D eigenvalue weighted by Crippen LogP contribution is -2.49. The Labute approximate surface area is 191 Å². The molecule has 0 aliphatic carbocycles. The lowest BCUT2D eigenvalue weighted by atomic mass is 10.1. The normalized spacial score (nSPS) is 13.9. The lowest BCUT2D eigenvalue weighted by molar-refractivity contribution is 0.0746. The van der Waals surface area contributed by atoms with E-state index in [-0.39, 0.29) is 16.4 Å². The third-order valence-electron chi connectivity index (χ3n) is 5.43. The summed E-state index contributed by atoms with van der Waals surface area (Å²) in [6.07, 6.45) is 0. The average molecular weight is 465 g/mol. The number of nitrogens with zero attached hydrogens (tertiary/aromatic N) is 3. The zero-order valence-corrected chi connectivity index (χ0v) is 18.4. The van der Waals surface area contributed by atoms with Crippen LogP contribution >= 0.6 is 0 Å². The van der Waals surface area contributed by atoms with E-state index in [9.17, 15) is 22.9 Å². The molecule has 1 aliphatic rings. The number of piperazine rings is 1. The summed E-state index contributed by atoms with van der Waals surface area (Å²) in [6, 6.07) is 20.8. The van der Waals surface area contributed by atoms with Gasteiger partial charge in [0, 0.05) is 37.4 Å². The van der Waals surface area contributed by atoms with Crippen molar-refractivity contribution < 1.29 is 17.6 Å². The molecule has 3 aromatic rings. The van der Waals surface area contributed by atoms with E-state index in [4.69, 9.17) is 0 Å². The van der Waals surface area contributed by atoms with E-state index in [2.05, 4.69) is 4.72 Å². The van der Waals surface area contributed by atoms with Crippen LogP contribution in [-0.2, 0) is 10.0 Å². The van der Waals surface area contributed by atoms with Gasteiger partial charge in [-0.3, -0.25) is 9.52 Å². The van der Waals surface area contributed by atoms with Crippen molar-refractivity contribution in [2.24, 2.45) is 0 Å². The van der Waals surface area contributed by atoms with Gasteiger partial charge in [-0.05, 0) is 42.5 Å². The Balaban J connectivity index is 1.45. The second-order valence-electron chi connectivity index (χ2n) is 7.52. The molecular formula is C24H21FN4O3S. The number of hydrogen-bond donors (Lipinski definition) is 1. The monoisotopic (exact) mass is 464 g/mol. The average Bonchev–Trinajstić information content (AvgIpc) is 2.84. The van der Waals surface area contributed by atoms with E-state index < -0.39 is 15.8 Å². The van der Waals surface area contributed by atoms with Gasteiger partial charge in [0.25, 0.3) is 15.9 Å². The second kappa shape index (κ2) is 9.30. The Morgan fingerprint density at radius 3 is 2.33 bits per heavy atom. The summed E-state index contributed by atoms with van der Waals surface area (Å²) in [6.45, 7) is 1.68. The van der Waals surface area contributed by atoms with Crippen molar-refractivity contribution in [3.05, 3.63) is 89.7 Å². The van der Waals surface area contributed by atoms with E-state index >= 15 is 0 Å². The number of amides is 1. The molecule has 1 N–H and O–H groups in total. The molecule has 0 radical (unpaired) electrons. The molecule has 1 heterocycles. The quantitative estimate of drug-likeness (QED) is 0.624. The minimum atomic E-state index is -3.77. The number of nitrogens with one attached hydrogen (secondary N) is 1. The van der Waals surface area contributed by atoms with Crippen LogP contribution in [0.1, 0.15) is 15.9 Å². The first kappa shape index (κ1) is 22.3. The van der Waals surface area contributed by atoms with Gasteiger partial charge in [0.1, 0.15) is 17.4 Å². The van der Waals surface area contributed by atoms with Crippen LogP contribution in [0.15, 0.2) is 77.7 Å². The molecule has 0 aromatic heterocycles. The summed E-state index contributed by atoms with van der Waals surface area (Å²) in [5.41, 5.74) is 1.17. The molecule has 3 aromatic carbocycles. The number of halogens is 1. The second-order valence-corrected chi connectivity index (χ2v) is 9.21. The molecule has 9 heteroatoms. The molecule has 1 saturated heterocycles. The summed E-state index contributed by atoms with van der Waals surface area (Å²) < 4.78 is 41.6. The number of anilines is 2. The largest absolute Gasteiger partial charge is 0.367 e. The fourth-order valence-electron chi connectivity index (χ4n) is 3.75. The van der Waals surface area contributed by atoms with Crippen LogP contribution in [0, 0.1) is 17.1 Å². The molecule has 33 heavy (non-hydrogen) atoms. The number of carbonyl (C=O) groups excluding carboxylic acids is 1. The van der Waals surface area contributed by atoms with Crippen LogP contribution < -0.4 is 9.62 Å². The smallest absolute Gasteiger partial charge is 0.261 e. The van der Waals surface area contributed by atoms with Gasteiger partial charge in [-0.1, -0.05) is 30.3 Å². The first-order valence-corrected chi connectivity index (χ1v) is 11.8. The maximum Gasteiger partial charge on any atom is 0.261 e. The summed E-state index contributed by atoms with van der Waals surface area (Å²) in [7, 11) is -3.77. The van der Waals surface area contributed by atoms with Crippen LogP contribution in [0.5, 0.6) is 0 Å². The van der Waals surface area contributed by atoms with Gasteiger partial charge < -0.3 is 9.80 Å². The maximum absolute atomic E-state index is 13.9. The van der Waals surface area contributed by atoms with Crippen LogP contribution in [0.2, 0.25) is 0 Å². The van der Waals surface area contributed by atoms with Gasteiger partial charge in [0.15, 0.2) is 0 Å². The van der Waals surface area contributed by atoms with Gasteiger partial charge >= 0.3 is 0 Å². The first-order valence-electron chi connectivity index (χ1n) is 10.3. The molecule has 0 saturated carbocycles. The molecule has 0 spiro atoms. The Bertz CT molecular complexity index is 1320. The molecular weight excluding hydrogens is 443 g/mol. The van der Waals surface area contributed by atoms with Crippen LogP contribution in [0.3, 0.4) is 0 Å². The van der Waals surface area contributed by atoms with E-state index in [0.29, 0.717) is 43.1 Å². The standard InChI is InChI=1S/C24H21FN4O3S/c25-22-10-5-11-23(21(22)17-26)28-12-14-29(15-13-28)24(30)18-6-4-7-19(16-18)27-33(31,32)20-8-2-1-3-9-20/h1-11,16,27H,12-15H2. The van der Waals surface area contributed by atoms with E-state index in [0.717, 1.165) is 0 Å². The van der Waals surface area contributed by atoms with Crippen molar-refractivity contribution in [1.29, 1.82) is 5.26 Å². The minimum Gasteiger partial charge on any atom is -0.367 e. The molecule has 0 bridgehead atoms. The van der Waals surface area contributed by atoms with Crippen molar-refractivity contribution in [3.63, 3.8) is 0 Å². The molecule has 1 fully saturated rings. The van der Waals surface area contributed by atoms with Crippen molar-refractivity contribution >= 4 is 27.3 Å². The van der Waals surface area contributed by atoms with Crippen molar-refractivity contribution in [2.45, 2.75) is 4.90 Å². The first-order chi connectivity index (χ1) is 15.9. The molecule has 0 atom stereocenters. The van der Waals surface area contributed by atoms with Crippen LogP contribution in [-0.4, -0.2) is 45.4 Å². The third-order valence-corrected chi connectivity index (χ3v) is 6.82. The highest BCUT2D eigenvalue weighted by atomic mass is 32.2. The van der Waals surface area contributed by atoms with Gasteiger partial charge in [-0.15, -0.1) is 0 Å². The number of hydrogen-bond acceptors (Lipinski definition) is 5. The lowest BCUT2D eigenvalue weighted by Gasteiger charge is -2.36. The number of nitriles is 1. The van der Waals surface area contributed by atoms with Crippen molar-refractivity contribution in [1.82, 2.24) is 4.90 Å². The Morgan fingerprint density at radius 2 is 1.64 bits per heavy atom. The molecule has 0 unspecified atom stereocenters.